The standard InChI is InChI=1S/C20H17BrN2O2/c1-12-7-8-17(16(21)10-12)22-20(25)15-11-23-9-3-5-13-4-2-6-14(18(13)23)19(15)24/h2,4,6-8,10-11H,3,5,9H2,1H3,(H,22,25). The normalized spacial score (nSPS) is 13.0. The summed E-state index contributed by atoms with van der Waals surface area (Å²) in [6, 6.07) is 11.4. The van der Waals surface area contributed by atoms with Gasteiger partial charge in [-0.1, -0.05) is 18.2 Å². The molecule has 0 unspecified atom stereocenters. The molecule has 5 heteroatoms. The van der Waals surface area contributed by atoms with E-state index in [1.807, 2.05) is 41.8 Å². The van der Waals surface area contributed by atoms with Crippen LogP contribution in [-0.2, 0) is 13.0 Å². The molecule has 0 saturated carbocycles. The van der Waals surface area contributed by atoms with Crippen LogP contribution < -0.4 is 10.7 Å². The molecule has 0 spiro atoms. The summed E-state index contributed by atoms with van der Waals surface area (Å²) in [6.45, 7) is 2.80. The van der Waals surface area contributed by atoms with Crippen LogP contribution in [0, 0.1) is 6.92 Å². The lowest BCUT2D eigenvalue weighted by Gasteiger charge is -2.20. The number of carbonyl (C=O) groups is 1. The summed E-state index contributed by atoms with van der Waals surface area (Å²) in [5.41, 5.74) is 3.85. The van der Waals surface area contributed by atoms with Crippen LogP contribution >= 0.6 is 15.9 Å². The van der Waals surface area contributed by atoms with Crippen LogP contribution in [-0.4, -0.2) is 10.5 Å². The third-order valence-electron chi connectivity index (χ3n) is 4.64. The molecule has 126 valence electrons. The third kappa shape index (κ3) is 2.78. The van der Waals surface area contributed by atoms with Crippen LogP contribution in [0.15, 0.2) is 51.9 Å². The van der Waals surface area contributed by atoms with Crippen molar-refractivity contribution in [2.24, 2.45) is 0 Å². The molecule has 0 radical (unpaired) electrons. The number of hydrogen-bond acceptors (Lipinski definition) is 2. The maximum absolute atomic E-state index is 12.9. The van der Waals surface area contributed by atoms with Crippen molar-refractivity contribution in [3.8, 4) is 0 Å². The molecule has 1 aliphatic rings. The molecule has 1 aliphatic heterocycles. The van der Waals surface area contributed by atoms with Gasteiger partial charge in [0, 0.05) is 22.6 Å². The molecule has 0 saturated heterocycles. The van der Waals surface area contributed by atoms with E-state index in [4.69, 9.17) is 0 Å². The van der Waals surface area contributed by atoms with Gasteiger partial charge in [-0.2, -0.15) is 0 Å². The molecule has 0 bridgehead atoms. The number of para-hydroxylation sites is 1. The summed E-state index contributed by atoms with van der Waals surface area (Å²) in [5, 5.41) is 3.46. The molecule has 1 N–H and O–H groups in total. The number of amides is 1. The summed E-state index contributed by atoms with van der Waals surface area (Å²) < 4.78 is 2.83. The van der Waals surface area contributed by atoms with Crippen LogP contribution in [0.5, 0.6) is 0 Å². The number of benzene rings is 2. The number of aryl methyl sites for hydroxylation is 3. The highest BCUT2D eigenvalue weighted by Gasteiger charge is 2.19. The monoisotopic (exact) mass is 396 g/mol. The number of carbonyl (C=O) groups excluding carboxylic acids is 1. The van der Waals surface area contributed by atoms with E-state index in [1.54, 1.807) is 6.20 Å². The maximum Gasteiger partial charge on any atom is 0.261 e. The number of pyridine rings is 1. The summed E-state index contributed by atoms with van der Waals surface area (Å²) in [4.78, 5) is 25.6. The molecule has 1 amide bonds. The Labute approximate surface area is 153 Å². The molecule has 0 aliphatic carbocycles. The van der Waals surface area contributed by atoms with Gasteiger partial charge in [0.05, 0.1) is 11.2 Å². The van der Waals surface area contributed by atoms with Gasteiger partial charge in [-0.15, -0.1) is 0 Å². The zero-order valence-corrected chi connectivity index (χ0v) is 15.4. The topological polar surface area (TPSA) is 51.1 Å². The van der Waals surface area contributed by atoms with Gasteiger partial charge in [-0.25, -0.2) is 0 Å². The minimum atomic E-state index is -0.379. The number of halogens is 1. The minimum absolute atomic E-state index is 0.180. The second-order valence-electron chi connectivity index (χ2n) is 6.42. The molecular formula is C20H17BrN2O2. The van der Waals surface area contributed by atoms with Crippen LogP contribution in [0.3, 0.4) is 0 Å². The lowest BCUT2D eigenvalue weighted by Crippen LogP contribution is -2.25. The number of hydrogen-bond donors (Lipinski definition) is 1. The zero-order chi connectivity index (χ0) is 17.6. The SMILES string of the molecule is Cc1ccc(NC(=O)c2cn3c4c(cccc4c2=O)CCC3)c(Br)c1. The summed E-state index contributed by atoms with van der Waals surface area (Å²) >= 11 is 3.46. The molecule has 4 rings (SSSR count). The van der Waals surface area contributed by atoms with E-state index in [0.29, 0.717) is 11.1 Å². The first-order valence-electron chi connectivity index (χ1n) is 8.27. The van der Waals surface area contributed by atoms with Crippen molar-refractivity contribution in [2.75, 3.05) is 5.32 Å². The molecule has 25 heavy (non-hydrogen) atoms. The number of aromatic nitrogens is 1. The van der Waals surface area contributed by atoms with Gasteiger partial charge in [0.1, 0.15) is 5.56 Å². The second kappa shape index (κ2) is 6.15. The quantitative estimate of drug-likeness (QED) is 0.702. The molecule has 2 heterocycles. The van der Waals surface area contributed by atoms with Gasteiger partial charge in [0.2, 0.25) is 5.43 Å². The van der Waals surface area contributed by atoms with Crippen molar-refractivity contribution in [2.45, 2.75) is 26.3 Å². The first-order valence-corrected chi connectivity index (χ1v) is 9.06. The Morgan fingerprint density at radius 3 is 2.88 bits per heavy atom. The van der Waals surface area contributed by atoms with Crippen molar-refractivity contribution in [1.82, 2.24) is 4.57 Å². The van der Waals surface area contributed by atoms with Crippen LogP contribution in [0.25, 0.3) is 10.9 Å². The first-order chi connectivity index (χ1) is 12.0. The Kier molecular flexibility index (Phi) is 3.96. The first kappa shape index (κ1) is 16.1. The highest BCUT2D eigenvalue weighted by atomic mass is 79.9. The largest absolute Gasteiger partial charge is 0.346 e. The van der Waals surface area contributed by atoms with Crippen molar-refractivity contribution in [1.29, 1.82) is 0 Å². The van der Waals surface area contributed by atoms with Gasteiger partial charge in [-0.05, 0) is 65.0 Å². The molecular weight excluding hydrogens is 380 g/mol. The highest BCUT2D eigenvalue weighted by molar-refractivity contribution is 9.10. The van der Waals surface area contributed by atoms with Crippen LogP contribution in [0.4, 0.5) is 5.69 Å². The fourth-order valence-corrected chi connectivity index (χ4v) is 4.02. The van der Waals surface area contributed by atoms with E-state index in [1.165, 1.54) is 5.56 Å². The van der Waals surface area contributed by atoms with E-state index < -0.39 is 0 Å². The van der Waals surface area contributed by atoms with E-state index in [-0.39, 0.29) is 16.9 Å². The van der Waals surface area contributed by atoms with E-state index in [0.717, 1.165) is 34.9 Å². The molecule has 0 atom stereocenters. The molecule has 4 nitrogen and oxygen atoms in total. The van der Waals surface area contributed by atoms with Gasteiger partial charge in [0.25, 0.3) is 5.91 Å². The lowest BCUT2D eigenvalue weighted by atomic mass is 9.99. The molecule has 2 aromatic carbocycles. The Bertz CT molecular complexity index is 1070. The predicted octanol–water partition coefficient (Wildman–Crippen LogP) is 4.27. The van der Waals surface area contributed by atoms with E-state index in [2.05, 4.69) is 27.3 Å². The fraction of sp³-hybridized carbons (Fsp3) is 0.200. The van der Waals surface area contributed by atoms with Gasteiger partial charge < -0.3 is 9.88 Å². The Hall–Kier alpha value is -2.40. The fourth-order valence-electron chi connectivity index (χ4n) is 3.43. The highest BCUT2D eigenvalue weighted by Crippen LogP contribution is 2.25. The smallest absolute Gasteiger partial charge is 0.261 e. The Morgan fingerprint density at radius 2 is 2.08 bits per heavy atom. The van der Waals surface area contributed by atoms with Crippen molar-refractivity contribution >= 4 is 38.4 Å². The number of nitrogens with one attached hydrogen (secondary N) is 1. The molecule has 3 aromatic rings. The number of nitrogens with zero attached hydrogens (tertiary/aromatic N) is 1. The average Bonchev–Trinajstić information content (AvgIpc) is 2.60. The number of rotatable bonds is 2. The van der Waals surface area contributed by atoms with E-state index in [9.17, 15) is 9.59 Å². The maximum atomic E-state index is 12.9. The number of anilines is 1. The van der Waals surface area contributed by atoms with Crippen LogP contribution in [0.1, 0.15) is 27.9 Å². The van der Waals surface area contributed by atoms with Gasteiger partial charge >= 0.3 is 0 Å². The molecule has 0 fully saturated rings. The van der Waals surface area contributed by atoms with Gasteiger partial charge in [-0.3, -0.25) is 9.59 Å². The summed E-state index contributed by atoms with van der Waals surface area (Å²) in [5.74, 6) is -0.379. The Morgan fingerprint density at radius 1 is 1.24 bits per heavy atom. The van der Waals surface area contributed by atoms with Crippen LogP contribution in [0.2, 0.25) is 0 Å². The van der Waals surface area contributed by atoms with Crippen molar-refractivity contribution in [3.63, 3.8) is 0 Å². The minimum Gasteiger partial charge on any atom is -0.346 e. The summed E-state index contributed by atoms with van der Waals surface area (Å²) in [7, 11) is 0. The van der Waals surface area contributed by atoms with Gasteiger partial charge in [0.15, 0.2) is 0 Å². The second-order valence-corrected chi connectivity index (χ2v) is 7.27. The third-order valence-corrected chi connectivity index (χ3v) is 5.30. The molecule has 1 aromatic heterocycles. The summed E-state index contributed by atoms with van der Waals surface area (Å²) in [6.07, 6.45) is 3.68. The van der Waals surface area contributed by atoms with E-state index >= 15 is 0 Å². The van der Waals surface area contributed by atoms with Crippen molar-refractivity contribution < 1.29 is 4.79 Å². The predicted molar refractivity (Wildman–Crippen MR) is 103 cm³/mol. The van der Waals surface area contributed by atoms with Crippen molar-refractivity contribution in [3.05, 3.63) is 74.0 Å². The lowest BCUT2D eigenvalue weighted by molar-refractivity contribution is 0.102. The average molecular weight is 397 g/mol. The Balaban J connectivity index is 1.80. The zero-order valence-electron chi connectivity index (χ0n) is 13.8.